The van der Waals surface area contributed by atoms with E-state index >= 15 is 0 Å². The van der Waals surface area contributed by atoms with Crippen molar-refractivity contribution in [2.24, 2.45) is 17.4 Å². The average Bonchev–Trinajstić information content (AvgIpc) is 2.72. The highest BCUT2D eigenvalue weighted by molar-refractivity contribution is 5.94. The summed E-state index contributed by atoms with van der Waals surface area (Å²) in [5.74, 6) is -4.47. The summed E-state index contributed by atoms with van der Waals surface area (Å²) in [5, 5.41) is 25.9. The number of rotatable bonds is 13. The number of benzene rings is 1. The molecule has 0 radical (unpaired) electrons. The van der Waals surface area contributed by atoms with Gasteiger partial charge in [0, 0.05) is 6.42 Å². The number of carboxylic acids is 1. The third-order valence-corrected chi connectivity index (χ3v) is 4.57. The van der Waals surface area contributed by atoms with E-state index in [1.54, 1.807) is 26.0 Å². The zero-order valence-corrected chi connectivity index (χ0v) is 18.5. The first-order valence-corrected chi connectivity index (χ1v) is 10.3. The molecule has 12 nitrogen and oxygen atoms in total. The first-order valence-electron chi connectivity index (χ1n) is 10.3. The Bertz CT molecular complexity index is 857. The number of aliphatic carboxylic acids is 1. The minimum atomic E-state index is -1.55. The van der Waals surface area contributed by atoms with E-state index in [1.807, 2.05) is 0 Å². The third-order valence-electron chi connectivity index (χ3n) is 4.57. The highest BCUT2D eigenvalue weighted by atomic mass is 16.4. The average molecular weight is 466 g/mol. The second-order valence-electron chi connectivity index (χ2n) is 7.96. The summed E-state index contributed by atoms with van der Waals surface area (Å²) >= 11 is 0. The van der Waals surface area contributed by atoms with Gasteiger partial charge in [-0.3, -0.25) is 19.2 Å². The molecule has 9 N–H and O–H groups in total. The van der Waals surface area contributed by atoms with E-state index in [9.17, 15) is 34.2 Å². The molecule has 182 valence electrons. The van der Waals surface area contributed by atoms with Crippen LogP contribution in [0.1, 0.15) is 32.3 Å². The highest BCUT2D eigenvalue weighted by Gasteiger charge is 2.30. The van der Waals surface area contributed by atoms with Gasteiger partial charge in [0.15, 0.2) is 0 Å². The van der Waals surface area contributed by atoms with Gasteiger partial charge in [-0.15, -0.1) is 0 Å². The van der Waals surface area contributed by atoms with Crippen LogP contribution in [0.2, 0.25) is 0 Å². The van der Waals surface area contributed by atoms with E-state index in [-0.39, 0.29) is 31.1 Å². The van der Waals surface area contributed by atoms with Crippen molar-refractivity contribution in [3.05, 3.63) is 29.8 Å². The summed E-state index contributed by atoms with van der Waals surface area (Å²) in [7, 11) is 0. The smallest absolute Gasteiger partial charge is 0.326 e. The third kappa shape index (κ3) is 9.99. The molecule has 12 heteroatoms. The summed E-state index contributed by atoms with van der Waals surface area (Å²) in [5.41, 5.74) is 11.0. The number of primary amides is 1. The Labute approximate surface area is 191 Å². The van der Waals surface area contributed by atoms with Crippen LogP contribution in [0.5, 0.6) is 5.75 Å². The van der Waals surface area contributed by atoms with Crippen molar-refractivity contribution in [2.75, 3.05) is 6.54 Å². The first-order chi connectivity index (χ1) is 15.4. The highest BCUT2D eigenvalue weighted by Crippen LogP contribution is 2.12. The lowest BCUT2D eigenvalue weighted by Crippen LogP contribution is -2.57. The second kappa shape index (κ2) is 13.0. The number of hydrogen-bond donors (Lipinski definition) is 7. The summed E-state index contributed by atoms with van der Waals surface area (Å²) < 4.78 is 0. The van der Waals surface area contributed by atoms with Crippen LogP contribution in [0.3, 0.4) is 0 Å². The number of hydrogen-bond acceptors (Lipinski definition) is 7. The first kappa shape index (κ1) is 27.4. The van der Waals surface area contributed by atoms with Crippen LogP contribution in [-0.4, -0.2) is 64.5 Å². The monoisotopic (exact) mass is 465 g/mol. The van der Waals surface area contributed by atoms with Crippen molar-refractivity contribution in [1.29, 1.82) is 0 Å². The number of carbonyl (C=O) groups is 5. The van der Waals surface area contributed by atoms with E-state index in [1.165, 1.54) is 12.1 Å². The molecule has 0 spiro atoms. The van der Waals surface area contributed by atoms with Crippen LogP contribution < -0.4 is 27.4 Å². The van der Waals surface area contributed by atoms with Gasteiger partial charge in [-0.25, -0.2) is 4.79 Å². The van der Waals surface area contributed by atoms with Gasteiger partial charge in [-0.1, -0.05) is 26.0 Å². The van der Waals surface area contributed by atoms with Crippen molar-refractivity contribution in [3.63, 3.8) is 0 Å². The van der Waals surface area contributed by atoms with Gasteiger partial charge in [0.2, 0.25) is 23.6 Å². The van der Waals surface area contributed by atoms with Crippen molar-refractivity contribution in [2.45, 2.75) is 51.2 Å². The van der Waals surface area contributed by atoms with Crippen molar-refractivity contribution in [1.82, 2.24) is 16.0 Å². The molecule has 0 bridgehead atoms. The van der Waals surface area contributed by atoms with E-state index in [0.717, 1.165) is 0 Å². The lowest BCUT2D eigenvalue weighted by atomic mass is 10.0. The lowest BCUT2D eigenvalue weighted by molar-refractivity contribution is -0.143. The van der Waals surface area contributed by atoms with Gasteiger partial charge in [0.05, 0.1) is 13.0 Å². The normalized spacial score (nSPS) is 13.5. The molecular formula is C21H31N5O7. The molecule has 3 unspecified atom stereocenters. The largest absolute Gasteiger partial charge is 0.508 e. The Morgan fingerprint density at radius 2 is 1.45 bits per heavy atom. The molecular weight excluding hydrogens is 434 g/mol. The van der Waals surface area contributed by atoms with E-state index in [2.05, 4.69) is 16.0 Å². The van der Waals surface area contributed by atoms with E-state index in [4.69, 9.17) is 11.5 Å². The Kier molecular flexibility index (Phi) is 10.8. The number of carbonyl (C=O) groups excluding carboxylic acids is 4. The quantitative estimate of drug-likeness (QED) is 0.179. The fourth-order valence-electron chi connectivity index (χ4n) is 2.98. The van der Waals surface area contributed by atoms with Crippen molar-refractivity contribution < 1.29 is 34.2 Å². The zero-order valence-electron chi connectivity index (χ0n) is 18.5. The standard InChI is InChI=1S/C21H31N5O7/c1-11(2)7-14(19(30)26-16(21(32)33)9-17(23)28)25-20(31)15(24-18(29)10-22)8-12-3-5-13(27)6-4-12/h3-6,11,14-16,27H,7-10,22H2,1-2H3,(H2,23,28)(H,24,29)(H,25,31)(H,26,30)(H,32,33). The maximum Gasteiger partial charge on any atom is 0.326 e. The minimum Gasteiger partial charge on any atom is -0.508 e. The second-order valence-corrected chi connectivity index (χ2v) is 7.96. The number of carboxylic acid groups (broad SMARTS) is 1. The Hall–Kier alpha value is -3.67. The summed E-state index contributed by atoms with van der Waals surface area (Å²) in [6.45, 7) is 3.24. The topological polar surface area (TPSA) is 214 Å². The van der Waals surface area contributed by atoms with Crippen LogP contribution in [0.15, 0.2) is 24.3 Å². The SMILES string of the molecule is CC(C)CC(NC(=O)C(Cc1ccc(O)cc1)NC(=O)CN)C(=O)NC(CC(N)=O)C(=O)O. The molecule has 1 rings (SSSR count). The number of nitrogens with one attached hydrogen (secondary N) is 3. The van der Waals surface area contributed by atoms with Gasteiger partial charge in [-0.05, 0) is 30.0 Å². The van der Waals surface area contributed by atoms with Gasteiger partial charge in [-0.2, -0.15) is 0 Å². The predicted molar refractivity (Wildman–Crippen MR) is 118 cm³/mol. The molecule has 0 fully saturated rings. The number of phenols is 1. The summed E-state index contributed by atoms with van der Waals surface area (Å²) in [6.07, 6.45) is -0.399. The molecule has 0 aliphatic rings. The van der Waals surface area contributed by atoms with E-state index in [0.29, 0.717) is 5.56 Å². The number of amides is 4. The van der Waals surface area contributed by atoms with Gasteiger partial charge < -0.3 is 37.6 Å². The fraction of sp³-hybridized carbons (Fsp3) is 0.476. The molecule has 0 aliphatic carbocycles. The molecule has 0 heterocycles. The number of nitrogens with two attached hydrogens (primary N) is 2. The number of aromatic hydroxyl groups is 1. The van der Waals surface area contributed by atoms with Crippen molar-refractivity contribution in [3.8, 4) is 5.75 Å². The Balaban J connectivity index is 3.04. The van der Waals surface area contributed by atoms with Crippen LogP contribution >= 0.6 is 0 Å². The number of phenolic OH excluding ortho intramolecular Hbond substituents is 1. The Morgan fingerprint density at radius 1 is 0.909 bits per heavy atom. The molecule has 0 saturated carbocycles. The van der Waals surface area contributed by atoms with Gasteiger partial charge >= 0.3 is 5.97 Å². The lowest BCUT2D eigenvalue weighted by Gasteiger charge is -2.25. The van der Waals surface area contributed by atoms with Gasteiger partial charge in [0.25, 0.3) is 0 Å². The molecule has 1 aromatic carbocycles. The predicted octanol–water partition coefficient (Wildman–Crippen LogP) is -1.65. The molecule has 0 saturated heterocycles. The van der Waals surface area contributed by atoms with E-state index < -0.39 is 54.1 Å². The fourth-order valence-corrected chi connectivity index (χ4v) is 2.98. The zero-order chi connectivity index (χ0) is 25.1. The maximum absolute atomic E-state index is 13.0. The van der Waals surface area contributed by atoms with Crippen molar-refractivity contribution >= 4 is 29.6 Å². The minimum absolute atomic E-state index is 0.0309. The summed E-state index contributed by atoms with van der Waals surface area (Å²) in [4.78, 5) is 60.0. The van der Waals surface area contributed by atoms with Crippen LogP contribution in [-0.2, 0) is 30.4 Å². The van der Waals surface area contributed by atoms with Crippen LogP contribution in [0.4, 0.5) is 0 Å². The van der Waals surface area contributed by atoms with Crippen LogP contribution in [0.25, 0.3) is 0 Å². The molecule has 3 atom stereocenters. The van der Waals surface area contributed by atoms with Gasteiger partial charge in [0.1, 0.15) is 23.9 Å². The molecule has 1 aromatic rings. The van der Waals surface area contributed by atoms with Crippen LogP contribution in [0, 0.1) is 5.92 Å². The maximum atomic E-state index is 13.0. The molecule has 33 heavy (non-hydrogen) atoms. The summed E-state index contributed by atoms with van der Waals surface area (Å²) in [6, 6.07) is 2.22. The molecule has 0 aliphatic heterocycles. The molecule has 0 aromatic heterocycles. The molecule has 4 amide bonds. The Morgan fingerprint density at radius 3 is 1.94 bits per heavy atom.